The molecule has 0 aliphatic carbocycles. The van der Waals surface area contributed by atoms with Crippen LogP contribution in [0.5, 0.6) is 11.5 Å². The van der Waals surface area contributed by atoms with Gasteiger partial charge in [-0.1, -0.05) is 11.8 Å². The number of nitro benzene ring substituents is 1. The number of amides is 1. The maximum absolute atomic E-state index is 12.2. The molecule has 0 saturated carbocycles. The number of nitrogens with zero attached hydrogens (tertiary/aromatic N) is 3. The number of fused-ring (bicyclic) bond motifs is 1. The van der Waals surface area contributed by atoms with Crippen molar-refractivity contribution in [3.8, 4) is 11.5 Å². The van der Waals surface area contributed by atoms with Crippen LogP contribution in [0, 0.1) is 24.0 Å². The van der Waals surface area contributed by atoms with Crippen molar-refractivity contribution in [1.82, 2.24) is 9.97 Å². The number of benzene rings is 1. The predicted octanol–water partition coefficient (Wildman–Crippen LogP) is 2.44. The average molecular weight is 448 g/mol. The van der Waals surface area contributed by atoms with Crippen molar-refractivity contribution in [3.63, 3.8) is 0 Å². The summed E-state index contributed by atoms with van der Waals surface area (Å²) in [4.78, 5) is 43.2. The summed E-state index contributed by atoms with van der Waals surface area (Å²) in [5.41, 5.74) is 1.12. The van der Waals surface area contributed by atoms with Crippen molar-refractivity contribution in [2.75, 3.05) is 30.9 Å². The lowest BCUT2D eigenvalue weighted by Crippen LogP contribution is -2.22. The van der Waals surface area contributed by atoms with Gasteiger partial charge in [-0.25, -0.2) is 9.97 Å². The summed E-state index contributed by atoms with van der Waals surface area (Å²) in [7, 11) is 0. The number of rotatable bonds is 7. The maximum atomic E-state index is 12.2. The standard InChI is InChI=1S/C19H20N4O7S/c1-11-6-12(2)21-19(20-11)31-10-18(25)30-9-17(24)22-13-7-15-16(8-14(13)23(26)27)29-5-3-4-28-15/h6-8H,3-5,9-10H2,1-2H3,(H,22,24). The number of nitro groups is 1. The number of nitrogens with one attached hydrogen (secondary N) is 1. The molecule has 0 radical (unpaired) electrons. The Kier molecular flexibility index (Phi) is 7.23. The van der Waals surface area contributed by atoms with Crippen LogP contribution in [-0.2, 0) is 14.3 Å². The molecule has 2 aromatic rings. The van der Waals surface area contributed by atoms with Crippen LogP contribution in [-0.4, -0.2) is 52.3 Å². The van der Waals surface area contributed by atoms with Crippen LogP contribution in [0.25, 0.3) is 0 Å². The summed E-state index contributed by atoms with van der Waals surface area (Å²) in [5.74, 6) is -0.922. The second-order valence-corrected chi connectivity index (χ2v) is 7.50. The first-order chi connectivity index (χ1) is 14.8. The molecule has 1 N–H and O–H groups in total. The molecular weight excluding hydrogens is 428 g/mol. The van der Waals surface area contributed by atoms with Gasteiger partial charge >= 0.3 is 5.97 Å². The molecule has 1 aliphatic rings. The highest BCUT2D eigenvalue weighted by atomic mass is 32.2. The lowest BCUT2D eigenvalue weighted by atomic mass is 10.2. The number of thioether (sulfide) groups is 1. The largest absolute Gasteiger partial charge is 0.489 e. The molecule has 0 saturated heterocycles. The van der Waals surface area contributed by atoms with Crippen molar-refractivity contribution >= 4 is 35.0 Å². The molecule has 0 atom stereocenters. The third-order valence-corrected chi connectivity index (χ3v) is 4.80. The van der Waals surface area contributed by atoms with Gasteiger partial charge in [-0.3, -0.25) is 19.7 Å². The molecule has 11 nitrogen and oxygen atoms in total. The summed E-state index contributed by atoms with van der Waals surface area (Å²) in [6.07, 6.45) is 0.630. The highest BCUT2D eigenvalue weighted by molar-refractivity contribution is 7.99. The minimum atomic E-state index is -0.724. The molecule has 0 bridgehead atoms. The van der Waals surface area contributed by atoms with E-state index in [9.17, 15) is 19.7 Å². The van der Waals surface area contributed by atoms with Gasteiger partial charge in [0.1, 0.15) is 5.69 Å². The van der Waals surface area contributed by atoms with E-state index in [1.54, 1.807) is 0 Å². The van der Waals surface area contributed by atoms with Crippen LogP contribution in [0.3, 0.4) is 0 Å². The van der Waals surface area contributed by atoms with Crippen molar-refractivity contribution in [1.29, 1.82) is 0 Å². The molecule has 12 heteroatoms. The van der Waals surface area contributed by atoms with Crippen LogP contribution in [0.4, 0.5) is 11.4 Å². The second kappa shape index (κ2) is 10.1. The number of aryl methyl sites for hydroxylation is 2. The molecule has 164 valence electrons. The van der Waals surface area contributed by atoms with Gasteiger partial charge in [0, 0.05) is 23.9 Å². The van der Waals surface area contributed by atoms with Gasteiger partial charge in [-0.2, -0.15) is 0 Å². The quantitative estimate of drug-likeness (QED) is 0.220. The fourth-order valence-electron chi connectivity index (χ4n) is 2.70. The number of carbonyl (C=O) groups is 2. The molecule has 1 aromatic heterocycles. The van der Waals surface area contributed by atoms with E-state index in [0.717, 1.165) is 23.1 Å². The Hall–Kier alpha value is -3.41. The van der Waals surface area contributed by atoms with E-state index in [-0.39, 0.29) is 22.9 Å². The Labute approximate surface area is 181 Å². The van der Waals surface area contributed by atoms with Crippen LogP contribution in [0.1, 0.15) is 17.8 Å². The third-order valence-electron chi connectivity index (χ3n) is 3.98. The first-order valence-electron chi connectivity index (χ1n) is 9.30. The fourth-order valence-corrected chi connectivity index (χ4v) is 3.45. The second-order valence-electron chi connectivity index (χ2n) is 6.55. The normalized spacial score (nSPS) is 12.6. The molecule has 1 aliphatic heterocycles. The molecule has 0 unspecified atom stereocenters. The Bertz CT molecular complexity index is 995. The Balaban J connectivity index is 1.57. The van der Waals surface area contributed by atoms with Crippen LogP contribution < -0.4 is 14.8 Å². The van der Waals surface area contributed by atoms with E-state index in [2.05, 4.69) is 15.3 Å². The molecule has 0 fully saturated rings. The van der Waals surface area contributed by atoms with E-state index in [1.165, 1.54) is 12.1 Å². The van der Waals surface area contributed by atoms with Crippen molar-refractivity contribution < 1.29 is 28.7 Å². The minimum absolute atomic E-state index is 0.0756. The van der Waals surface area contributed by atoms with E-state index >= 15 is 0 Å². The number of carbonyl (C=O) groups excluding carboxylic acids is 2. The van der Waals surface area contributed by atoms with Gasteiger partial charge in [-0.05, 0) is 19.9 Å². The van der Waals surface area contributed by atoms with Crippen LogP contribution in [0.2, 0.25) is 0 Å². The average Bonchev–Trinajstić information content (AvgIpc) is 2.94. The molecule has 31 heavy (non-hydrogen) atoms. The van der Waals surface area contributed by atoms with E-state index in [4.69, 9.17) is 14.2 Å². The highest BCUT2D eigenvalue weighted by Crippen LogP contribution is 2.39. The minimum Gasteiger partial charge on any atom is -0.489 e. The lowest BCUT2D eigenvalue weighted by molar-refractivity contribution is -0.384. The van der Waals surface area contributed by atoms with E-state index < -0.39 is 23.4 Å². The number of aromatic nitrogens is 2. The predicted molar refractivity (Wildman–Crippen MR) is 111 cm³/mol. The SMILES string of the molecule is Cc1cc(C)nc(SCC(=O)OCC(=O)Nc2cc3c(cc2[N+](=O)[O-])OCCCO3)n1. The molecule has 1 aromatic carbocycles. The smallest absolute Gasteiger partial charge is 0.316 e. The number of esters is 1. The van der Waals surface area contributed by atoms with Crippen LogP contribution >= 0.6 is 11.8 Å². The van der Waals surface area contributed by atoms with E-state index in [0.29, 0.717) is 30.5 Å². The molecule has 2 heterocycles. The summed E-state index contributed by atoms with van der Waals surface area (Å²) >= 11 is 1.09. The monoisotopic (exact) mass is 448 g/mol. The fraction of sp³-hybridized carbons (Fsp3) is 0.368. The Morgan fingerprint density at radius 1 is 1.16 bits per heavy atom. The van der Waals surface area contributed by atoms with E-state index in [1.807, 2.05) is 19.9 Å². The first-order valence-corrected chi connectivity index (χ1v) is 10.3. The third kappa shape index (κ3) is 6.28. The van der Waals surface area contributed by atoms with Gasteiger partial charge < -0.3 is 19.5 Å². The molecular formula is C19H20N4O7S. The summed E-state index contributed by atoms with van der Waals surface area (Å²) in [5, 5.41) is 14.2. The van der Waals surface area contributed by atoms with Crippen molar-refractivity contribution in [2.45, 2.75) is 25.4 Å². The number of ether oxygens (including phenoxy) is 3. The Morgan fingerprint density at radius 3 is 2.45 bits per heavy atom. The number of hydrogen-bond donors (Lipinski definition) is 1. The van der Waals surface area contributed by atoms with Gasteiger partial charge in [0.15, 0.2) is 23.3 Å². The molecule has 3 rings (SSSR count). The summed E-state index contributed by atoms with van der Waals surface area (Å²) < 4.78 is 15.9. The first kappa shape index (κ1) is 22.3. The zero-order chi connectivity index (χ0) is 22.4. The van der Waals surface area contributed by atoms with Gasteiger partial charge in [0.05, 0.1) is 30.0 Å². The topological polar surface area (TPSA) is 143 Å². The number of anilines is 1. The highest BCUT2D eigenvalue weighted by Gasteiger charge is 2.23. The summed E-state index contributed by atoms with van der Waals surface area (Å²) in [6, 6.07) is 4.33. The number of hydrogen-bond acceptors (Lipinski definition) is 10. The van der Waals surface area contributed by atoms with Crippen molar-refractivity contribution in [3.05, 3.63) is 39.7 Å². The molecule has 0 spiro atoms. The maximum Gasteiger partial charge on any atom is 0.316 e. The van der Waals surface area contributed by atoms with Gasteiger partial charge in [-0.15, -0.1) is 0 Å². The van der Waals surface area contributed by atoms with Crippen molar-refractivity contribution in [2.24, 2.45) is 0 Å². The van der Waals surface area contributed by atoms with Crippen LogP contribution in [0.15, 0.2) is 23.4 Å². The zero-order valence-corrected chi connectivity index (χ0v) is 17.7. The summed E-state index contributed by atoms with van der Waals surface area (Å²) in [6.45, 7) is 3.80. The van der Waals surface area contributed by atoms with Gasteiger partial charge in [0.2, 0.25) is 0 Å². The van der Waals surface area contributed by atoms with Gasteiger partial charge in [0.25, 0.3) is 11.6 Å². The molecule has 1 amide bonds. The Morgan fingerprint density at radius 2 is 1.81 bits per heavy atom. The zero-order valence-electron chi connectivity index (χ0n) is 16.9. The lowest BCUT2D eigenvalue weighted by Gasteiger charge is -2.11.